The van der Waals surface area contributed by atoms with E-state index in [1.807, 2.05) is 29.2 Å². The molecule has 1 fully saturated rings. The molecular weight excluding hydrogens is 430 g/mol. The van der Waals surface area contributed by atoms with Crippen molar-refractivity contribution in [2.24, 2.45) is 0 Å². The Kier molecular flexibility index (Phi) is 5.30. The van der Waals surface area contributed by atoms with Crippen LogP contribution in [0.3, 0.4) is 0 Å². The molecule has 1 atom stereocenters. The molecule has 6 heteroatoms. The molecule has 0 saturated carbocycles. The molecule has 1 aliphatic heterocycles. The summed E-state index contributed by atoms with van der Waals surface area (Å²) in [6.07, 6.45) is 1.19. The molecule has 2 aromatic carbocycles. The summed E-state index contributed by atoms with van der Waals surface area (Å²) in [7, 11) is 0. The lowest BCUT2D eigenvalue weighted by molar-refractivity contribution is -0.129. The van der Waals surface area contributed by atoms with Crippen LogP contribution in [0.1, 0.15) is 56.7 Å². The van der Waals surface area contributed by atoms with Gasteiger partial charge in [-0.1, -0.05) is 78.3 Å². The van der Waals surface area contributed by atoms with E-state index in [0.717, 1.165) is 15.6 Å². The van der Waals surface area contributed by atoms with Gasteiger partial charge < -0.3 is 9.42 Å². The molecular formula is C23H24BrN3O2. The second kappa shape index (κ2) is 7.75. The maximum atomic E-state index is 12.5. The van der Waals surface area contributed by atoms with Crippen molar-refractivity contribution in [1.29, 1.82) is 0 Å². The Balaban J connectivity index is 1.54. The van der Waals surface area contributed by atoms with Crippen LogP contribution in [-0.2, 0) is 16.8 Å². The number of hydrogen-bond acceptors (Lipinski definition) is 4. The van der Waals surface area contributed by atoms with Gasteiger partial charge in [-0.2, -0.15) is 4.98 Å². The van der Waals surface area contributed by atoms with Crippen LogP contribution in [0.15, 0.2) is 57.5 Å². The van der Waals surface area contributed by atoms with Crippen molar-refractivity contribution < 1.29 is 9.32 Å². The second-order valence-electron chi connectivity index (χ2n) is 8.49. The first-order chi connectivity index (χ1) is 13.8. The van der Waals surface area contributed by atoms with Crippen LogP contribution >= 0.6 is 15.9 Å². The van der Waals surface area contributed by atoms with Gasteiger partial charge in [0.2, 0.25) is 17.6 Å². The van der Waals surface area contributed by atoms with E-state index in [4.69, 9.17) is 4.52 Å². The summed E-state index contributed by atoms with van der Waals surface area (Å²) in [5.74, 6) is 1.16. The molecule has 0 bridgehead atoms. The Hall–Kier alpha value is -2.47. The molecule has 5 nitrogen and oxygen atoms in total. The summed E-state index contributed by atoms with van der Waals surface area (Å²) in [5.41, 5.74) is 3.37. The quantitative estimate of drug-likeness (QED) is 0.511. The zero-order chi connectivity index (χ0) is 20.6. The summed E-state index contributed by atoms with van der Waals surface area (Å²) >= 11 is 3.47. The minimum absolute atomic E-state index is 0.108. The highest BCUT2D eigenvalue weighted by Crippen LogP contribution is 2.34. The molecule has 2 heterocycles. The van der Waals surface area contributed by atoms with Crippen LogP contribution < -0.4 is 0 Å². The van der Waals surface area contributed by atoms with Crippen molar-refractivity contribution in [2.45, 2.75) is 51.6 Å². The second-order valence-corrected chi connectivity index (χ2v) is 9.41. The van der Waals surface area contributed by atoms with Crippen LogP contribution in [-0.4, -0.2) is 20.9 Å². The van der Waals surface area contributed by atoms with Gasteiger partial charge in [-0.15, -0.1) is 0 Å². The van der Waals surface area contributed by atoms with Crippen molar-refractivity contribution in [1.82, 2.24) is 15.0 Å². The first kappa shape index (κ1) is 19.8. The Morgan fingerprint density at radius 3 is 2.62 bits per heavy atom. The first-order valence-electron chi connectivity index (χ1n) is 9.80. The number of benzene rings is 2. The van der Waals surface area contributed by atoms with Gasteiger partial charge in [0.1, 0.15) is 6.04 Å². The lowest BCUT2D eigenvalue weighted by Crippen LogP contribution is -2.27. The standard InChI is InChI=1S/C23H24BrN3O2/c1-23(2,3)17-9-7-15(8-10-17)14-27-19(11-12-20(27)28)22-25-21(26-29-22)16-5-4-6-18(24)13-16/h4-10,13,19H,11-12,14H2,1-3H3. The minimum atomic E-state index is -0.182. The fraction of sp³-hybridized carbons (Fsp3) is 0.348. The zero-order valence-electron chi connectivity index (χ0n) is 16.9. The van der Waals surface area contributed by atoms with Crippen molar-refractivity contribution >= 4 is 21.8 Å². The molecule has 3 aromatic rings. The van der Waals surface area contributed by atoms with Crippen LogP contribution in [0.5, 0.6) is 0 Å². The summed E-state index contributed by atoms with van der Waals surface area (Å²) < 4.78 is 6.51. The first-order valence-corrected chi connectivity index (χ1v) is 10.6. The van der Waals surface area contributed by atoms with Gasteiger partial charge in [0.05, 0.1) is 0 Å². The number of nitrogens with zero attached hydrogens (tertiary/aromatic N) is 3. The third-order valence-corrected chi connectivity index (χ3v) is 5.80. The fourth-order valence-electron chi connectivity index (χ4n) is 3.61. The van der Waals surface area contributed by atoms with E-state index in [9.17, 15) is 4.79 Å². The largest absolute Gasteiger partial charge is 0.337 e. The van der Waals surface area contributed by atoms with Crippen molar-refractivity contribution in [2.75, 3.05) is 0 Å². The third-order valence-electron chi connectivity index (χ3n) is 5.31. The molecule has 4 rings (SSSR count). The molecule has 1 amide bonds. The number of carbonyl (C=O) groups is 1. The molecule has 0 N–H and O–H groups in total. The van der Waals surface area contributed by atoms with Crippen LogP contribution in [0.25, 0.3) is 11.4 Å². The molecule has 29 heavy (non-hydrogen) atoms. The molecule has 150 valence electrons. The molecule has 0 aliphatic carbocycles. The van der Waals surface area contributed by atoms with Gasteiger partial charge in [0.25, 0.3) is 0 Å². The summed E-state index contributed by atoms with van der Waals surface area (Å²) in [4.78, 5) is 19.0. The van der Waals surface area contributed by atoms with Crippen LogP contribution in [0.2, 0.25) is 0 Å². The third kappa shape index (κ3) is 4.27. The maximum Gasteiger partial charge on any atom is 0.249 e. The van der Waals surface area contributed by atoms with Crippen molar-refractivity contribution in [3.05, 3.63) is 70.0 Å². The minimum Gasteiger partial charge on any atom is -0.337 e. The lowest BCUT2D eigenvalue weighted by Gasteiger charge is -2.23. The van der Waals surface area contributed by atoms with E-state index in [1.165, 1.54) is 5.56 Å². The maximum absolute atomic E-state index is 12.5. The van der Waals surface area contributed by atoms with Gasteiger partial charge >= 0.3 is 0 Å². The normalized spacial score (nSPS) is 17.2. The highest BCUT2D eigenvalue weighted by molar-refractivity contribution is 9.10. The highest BCUT2D eigenvalue weighted by Gasteiger charge is 2.36. The number of aromatic nitrogens is 2. The number of halogens is 1. The van der Waals surface area contributed by atoms with Crippen LogP contribution in [0.4, 0.5) is 0 Å². The van der Waals surface area contributed by atoms with Gasteiger partial charge in [0.15, 0.2) is 0 Å². The monoisotopic (exact) mass is 453 g/mol. The van der Waals surface area contributed by atoms with E-state index >= 15 is 0 Å². The Labute approximate surface area is 179 Å². The Bertz CT molecular complexity index is 1020. The smallest absolute Gasteiger partial charge is 0.249 e. The average Bonchev–Trinajstić information content (AvgIpc) is 3.29. The van der Waals surface area contributed by atoms with E-state index < -0.39 is 0 Å². The molecule has 0 radical (unpaired) electrons. The zero-order valence-corrected chi connectivity index (χ0v) is 18.4. The van der Waals surface area contributed by atoms with E-state index in [2.05, 4.69) is 71.1 Å². The van der Waals surface area contributed by atoms with Gasteiger partial charge in [0, 0.05) is 23.0 Å². The SMILES string of the molecule is CC(C)(C)c1ccc(CN2C(=O)CCC2c2nc(-c3cccc(Br)c3)no2)cc1. The predicted molar refractivity (Wildman–Crippen MR) is 115 cm³/mol. The number of likely N-dealkylation sites (tertiary alicyclic amines) is 1. The lowest BCUT2D eigenvalue weighted by atomic mass is 9.87. The van der Waals surface area contributed by atoms with E-state index in [0.29, 0.717) is 31.1 Å². The Morgan fingerprint density at radius 2 is 1.93 bits per heavy atom. The summed E-state index contributed by atoms with van der Waals surface area (Å²) in [6, 6.07) is 16.1. The molecule has 0 spiro atoms. The van der Waals surface area contributed by atoms with E-state index in [1.54, 1.807) is 0 Å². The molecule has 1 aromatic heterocycles. The van der Waals surface area contributed by atoms with E-state index in [-0.39, 0.29) is 17.4 Å². The van der Waals surface area contributed by atoms with Crippen molar-refractivity contribution in [3.63, 3.8) is 0 Å². The topological polar surface area (TPSA) is 59.2 Å². The fourth-order valence-corrected chi connectivity index (χ4v) is 4.01. The number of amides is 1. The summed E-state index contributed by atoms with van der Waals surface area (Å²) in [5, 5.41) is 4.13. The molecule has 1 unspecified atom stereocenters. The van der Waals surface area contributed by atoms with Crippen LogP contribution in [0, 0.1) is 0 Å². The van der Waals surface area contributed by atoms with Crippen molar-refractivity contribution in [3.8, 4) is 11.4 Å². The molecule has 1 saturated heterocycles. The number of carbonyl (C=O) groups excluding carboxylic acids is 1. The van der Waals surface area contributed by atoms with Gasteiger partial charge in [-0.25, -0.2) is 0 Å². The number of rotatable bonds is 4. The predicted octanol–water partition coefficient (Wildman–Crippen LogP) is 5.66. The average molecular weight is 454 g/mol. The van der Waals surface area contributed by atoms with Gasteiger partial charge in [-0.05, 0) is 35.1 Å². The van der Waals surface area contributed by atoms with Gasteiger partial charge in [-0.3, -0.25) is 4.79 Å². The highest BCUT2D eigenvalue weighted by atomic mass is 79.9. The molecule has 1 aliphatic rings. The summed E-state index contributed by atoms with van der Waals surface area (Å²) in [6.45, 7) is 7.13. The number of hydrogen-bond donors (Lipinski definition) is 0. The Morgan fingerprint density at radius 1 is 1.17 bits per heavy atom.